The van der Waals surface area contributed by atoms with E-state index >= 15 is 0 Å². The molecule has 0 saturated carbocycles. The lowest BCUT2D eigenvalue weighted by Crippen LogP contribution is -2.28. The van der Waals surface area contributed by atoms with Gasteiger partial charge in [0.25, 0.3) is 5.88 Å². The molecule has 0 saturated heterocycles. The van der Waals surface area contributed by atoms with Gasteiger partial charge in [-0.15, -0.1) is 5.10 Å². The number of aromatic carboxylic acids is 1. The van der Waals surface area contributed by atoms with Crippen LogP contribution in [0.1, 0.15) is 21.9 Å². The second-order valence-corrected chi connectivity index (χ2v) is 7.58. The van der Waals surface area contributed by atoms with Crippen LogP contribution in [0, 0.1) is 6.92 Å². The number of hydrogen-bond donors (Lipinski definition) is 1. The molecular weight excluding hydrogens is 429 g/mol. The summed E-state index contributed by atoms with van der Waals surface area (Å²) in [6, 6.07) is 5.06. The minimum Gasteiger partial charge on any atom is -0.476 e. The van der Waals surface area contributed by atoms with Gasteiger partial charge >= 0.3 is 21.6 Å². The van der Waals surface area contributed by atoms with E-state index in [2.05, 4.69) is 14.4 Å². The Labute approximate surface area is 160 Å². The van der Waals surface area contributed by atoms with Crippen molar-refractivity contribution in [1.82, 2.24) is 19.4 Å². The SMILES string of the molecule is Cc1cc(C(=O)O)nn1Cc1cc(Cl)cc2cc(OS(=O)(=O)C(F)(F)F)nn12. The van der Waals surface area contributed by atoms with E-state index in [9.17, 15) is 26.4 Å². The van der Waals surface area contributed by atoms with E-state index in [4.69, 9.17) is 16.7 Å². The Morgan fingerprint density at radius 2 is 1.93 bits per heavy atom. The summed E-state index contributed by atoms with van der Waals surface area (Å²) in [6.45, 7) is 1.57. The Bertz CT molecular complexity index is 1190. The minimum atomic E-state index is -5.88. The molecular formula is C14H10ClF3N4O5S. The smallest absolute Gasteiger partial charge is 0.476 e. The van der Waals surface area contributed by atoms with Crippen LogP contribution >= 0.6 is 11.6 Å². The first-order valence-corrected chi connectivity index (χ1v) is 9.13. The van der Waals surface area contributed by atoms with Crippen LogP contribution in [0.2, 0.25) is 5.02 Å². The molecule has 3 aromatic heterocycles. The maximum atomic E-state index is 12.5. The fourth-order valence-electron chi connectivity index (χ4n) is 2.35. The van der Waals surface area contributed by atoms with E-state index < -0.39 is 27.5 Å². The summed E-state index contributed by atoms with van der Waals surface area (Å²) >= 11 is 6.00. The Morgan fingerprint density at radius 1 is 1.25 bits per heavy atom. The van der Waals surface area contributed by atoms with Crippen molar-refractivity contribution in [2.24, 2.45) is 0 Å². The Morgan fingerprint density at radius 3 is 2.50 bits per heavy atom. The van der Waals surface area contributed by atoms with Crippen molar-refractivity contribution in [3.8, 4) is 5.88 Å². The quantitative estimate of drug-likeness (QED) is 0.480. The highest BCUT2D eigenvalue weighted by Gasteiger charge is 2.49. The third-order valence-electron chi connectivity index (χ3n) is 3.57. The number of aryl methyl sites for hydroxylation is 1. The predicted octanol–water partition coefficient (Wildman–Crippen LogP) is 2.47. The van der Waals surface area contributed by atoms with Gasteiger partial charge in [0.1, 0.15) is 0 Å². The first kappa shape index (κ1) is 19.9. The van der Waals surface area contributed by atoms with Crippen molar-refractivity contribution in [2.75, 3.05) is 0 Å². The fraction of sp³-hybridized carbons (Fsp3) is 0.214. The summed E-state index contributed by atoms with van der Waals surface area (Å²) in [5, 5.41) is 16.8. The molecule has 0 radical (unpaired) electrons. The van der Waals surface area contributed by atoms with Crippen LogP contribution in [0.15, 0.2) is 24.3 Å². The van der Waals surface area contributed by atoms with Crippen molar-refractivity contribution in [1.29, 1.82) is 0 Å². The number of fused-ring (bicyclic) bond motifs is 1. The topological polar surface area (TPSA) is 116 Å². The van der Waals surface area contributed by atoms with Crippen LogP contribution in [0.3, 0.4) is 0 Å². The van der Waals surface area contributed by atoms with Crippen LogP contribution in [0.4, 0.5) is 13.2 Å². The summed E-state index contributed by atoms with van der Waals surface area (Å²) in [5.41, 5.74) is -4.85. The average molecular weight is 439 g/mol. The number of pyridine rings is 1. The van der Waals surface area contributed by atoms with Crippen molar-refractivity contribution < 1.29 is 35.7 Å². The third-order valence-corrected chi connectivity index (χ3v) is 4.74. The van der Waals surface area contributed by atoms with Gasteiger partial charge in [-0.25, -0.2) is 9.31 Å². The van der Waals surface area contributed by atoms with Gasteiger partial charge in [0.15, 0.2) is 5.69 Å². The van der Waals surface area contributed by atoms with E-state index in [-0.39, 0.29) is 22.8 Å². The first-order valence-electron chi connectivity index (χ1n) is 7.34. The summed E-state index contributed by atoms with van der Waals surface area (Å²) in [5.74, 6) is -2.03. The van der Waals surface area contributed by atoms with Gasteiger partial charge in [0, 0.05) is 16.8 Å². The average Bonchev–Trinajstić information content (AvgIpc) is 3.09. The second kappa shape index (κ2) is 6.67. The number of alkyl halides is 3. The Hall–Kier alpha value is -2.80. The number of aromatic nitrogens is 4. The van der Waals surface area contributed by atoms with Crippen LogP contribution in [-0.2, 0) is 16.7 Å². The van der Waals surface area contributed by atoms with E-state index in [1.54, 1.807) is 6.92 Å². The highest BCUT2D eigenvalue weighted by atomic mass is 35.5. The van der Waals surface area contributed by atoms with Crippen molar-refractivity contribution in [3.05, 3.63) is 46.4 Å². The monoisotopic (exact) mass is 438 g/mol. The lowest BCUT2D eigenvalue weighted by Gasteiger charge is -2.08. The molecule has 3 heterocycles. The van der Waals surface area contributed by atoms with Gasteiger partial charge in [-0.05, 0) is 25.1 Å². The molecule has 14 heteroatoms. The summed E-state index contributed by atoms with van der Waals surface area (Å²) in [7, 11) is -5.88. The molecule has 150 valence electrons. The summed E-state index contributed by atoms with van der Waals surface area (Å²) in [4.78, 5) is 11.0. The molecule has 0 fully saturated rings. The van der Waals surface area contributed by atoms with Gasteiger partial charge in [-0.2, -0.15) is 26.7 Å². The molecule has 0 spiro atoms. The Kier molecular flexibility index (Phi) is 4.75. The number of carbonyl (C=O) groups is 1. The fourth-order valence-corrected chi connectivity index (χ4v) is 2.99. The summed E-state index contributed by atoms with van der Waals surface area (Å²) < 4.78 is 66.3. The second-order valence-electron chi connectivity index (χ2n) is 5.60. The van der Waals surface area contributed by atoms with Gasteiger partial charge in [-0.1, -0.05) is 11.6 Å². The van der Waals surface area contributed by atoms with Gasteiger partial charge < -0.3 is 9.29 Å². The summed E-state index contributed by atoms with van der Waals surface area (Å²) in [6.07, 6.45) is 0. The lowest BCUT2D eigenvalue weighted by molar-refractivity contribution is -0.0501. The number of halogens is 4. The molecule has 0 amide bonds. The van der Waals surface area contributed by atoms with Crippen LogP contribution in [0.5, 0.6) is 5.88 Å². The number of rotatable bonds is 5. The highest BCUT2D eigenvalue weighted by Crippen LogP contribution is 2.28. The van der Waals surface area contributed by atoms with Crippen LogP contribution in [-0.4, -0.2) is 44.4 Å². The molecule has 0 unspecified atom stereocenters. The molecule has 0 aliphatic carbocycles. The Balaban J connectivity index is 2.02. The van der Waals surface area contributed by atoms with Crippen molar-refractivity contribution >= 4 is 33.2 Å². The maximum absolute atomic E-state index is 12.5. The molecule has 3 aromatic rings. The normalized spacial score (nSPS) is 12.5. The van der Waals surface area contributed by atoms with Gasteiger partial charge in [0.2, 0.25) is 0 Å². The third kappa shape index (κ3) is 3.75. The van der Waals surface area contributed by atoms with E-state index in [0.29, 0.717) is 11.4 Å². The predicted molar refractivity (Wildman–Crippen MR) is 88.8 cm³/mol. The molecule has 28 heavy (non-hydrogen) atoms. The minimum absolute atomic E-state index is 0.0384. The zero-order chi connectivity index (χ0) is 20.9. The van der Waals surface area contributed by atoms with E-state index in [0.717, 1.165) is 10.6 Å². The zero-order valence-corrected chi connectivity index (χ0v) is 15.4. The first-order chi connectivity index (χ1) is 12.9. The maximum Gasteiger partial charge on any atom is 0.534 e. The number of carboxylic acid groups (broad SMARTS) is 1. The lowest BCUT2D eigenvalue weighted by atomic mass is 10.3. The molecule has 0 aliphatic heterocycles. The molecule has 0 bridgehead atoms. The molecule has 1 N–H and O–H groups in total. The van der Waals surface area contributed by atoms with E-state index in [1.165, 1.54) is 22.9 Å². The van der Waals surface area contributed by atoms with Crippen molar-refractivity contribution in [2.45, 2.75) is 19.0 Å². The molecule has 0 aliphatic rings. The molecule has 0 atom stereocenters. The number of hydrogen-bond acceptors (Lipinski definition) is 6. The molecule has 9 nitrogen and oxygen atoms in total. The number of nitrogens with zero attached hydrogens (tertiary/aromatic N) is 4. The molecule has 0 aromatic carbocycles. The highest BCUT2D eigenvalue weighted by molar-refractivity contribution is 7.87. The standard InChI is InChI=1S/C14H10ClF3N4O5S/c1-7-2-11(13(23)24)19-21(7)6-10-4-8(15)3-9-5-12(20-22(9)10)27-28(25,26)14(16,17)18/h2-5H,6H2,1H3,(H,23,24). The number of carboxylic acids is 1. The van der Waals surface area contributed by atoms with Crippen LogP contribution < -0.4 is 4.18 Å². The van der Waals surface area contributed by atoms with Crippen molar-refractivity contribution in [3.63, 3.8) is 0 Å². The van der Waals surface area contributed by atoms with Gasteiger partial charge in [0.05, 0.1) is 17.8 Å². The van der Waals surface area contributed by atoms with E-state index in [1.807, 2.05) is 0 Å². The molecule has 3 rings (SSSR count). The largest absolute Gasteiger partial charge is 0.534 e. The zero-order valence-electron chi connectivity index (χ0n) is 13.8. The van der Waals surface area contributed by atoms with Crippen LogP contribution in [0.25, 0.3) is 5.52 Å². The van der Waals surface area contributed by atoms with Gasteiger partial charge in [-0.3, -0.25) is 4.68 Å².